The van der Waals surface area contributed by atoms with E-state index in [1.165, 1.54) is 6.08 Å². The fourth-order valence-electron chi connectivity index (χ4n) is 6.39. The second kappa shape index (κ2) is 11.8. The van der Waals surface area contributed by atoms with E-state index in [4.69, 9.17) is 31.0 Å². The fraction of sp³-hybridized carbons (Fsp3) is 0.500. The van der Waals surface area contributed by atoms with Crippen LogP contribution in [0, 0.1) is 18.3 Å². The molecule has 2 fully saturated rings. The summed E-state index contributed by atoms with van der Waals surface area (Å²) in [6, 6.07) is 4.50. The summed E-state index contributed by atoms with van der Waals surface area (Å²) in [6.45, 7) is 8.61. The van der Waals surface area contributed by atoms with Crippen LogP contribution in [0.4, 0.5) is 5.82 Å². The van der Waals surface area contributed by atoms with Gasteiger partial charge in [0.2, 0.25) is 11.8 Å². The van der Waals surface area contributed by atoms with Gasteiger partial charge < -0.3 is 24.2 Å². The number of hydrogen-bond acceptors (Lipinski definition) is 9. The number of nitriles is 1. The first kappa shape index (κ1) is 28.2. The summed E-state index contributed by atoms with van der Waals surface area (Å²) in [5.74, 6) is 1.03. The second-order valence-corrected chi connectivity index (χ2v) is 11.7. The SMILES string of the molecule is C=CC(=O)N1CCN(c2nc(OC[C@@H]3CCCN3C)nc3c2CCC(c2c(Cl)c(C)cc4[nH]ncc24)O3)C[C@@H]1CC#N. The molecule has 0 bridgehead atoms. The molecule has 1 N–H and O–H groups in total. The van der Waals surface area contributed by atoms with Gasteiger partial charge in [-0.05, 0) is 63.9 Å². The van der Waals surface area contributed by atoms with Crippen molar-refractivity contribution in [2.24, 2.45) is 0 Å². The third-order valence-corrected chi connectivity index (χ3v) is 9.21. The molecule has 5 heterocycles. The topological polar surface area (TPSA) is 124 Å². The van der Waals surface area contributed by atoms with E-state index in [1.54, 1.807) is 11.1 Å². The lowest BCUT2D eigenvalue weighted by molar-refractivity contribution is -0.128. The number of likely N-dealkylation sites (N-methyl/N-ethyl adjacent to an activating group) is 1. The van der Waals surface area contributed by atoms with Gasteiger partial charge in [0.15, 0.2) is 0 Å². The highest BCUT2D eigenvalue weighted by molar-refractivity contribution is 6.33. The Morgan fingerprint density at radius 2 is 2.17 bits per heavy atom. The molecule has 3 aromatic rings. The Morgan fingerprint density at radius 1 is 1.31 bits per heavy atom. The molecule has 42 heavy (non-hydrogen) atoms. The van der Waals surface area contributed by atoms with E-state index in [9.17, 15) is 10.1 Å². The molecule has 1 amide bonds. The summed E-state index contributed by atoms with van der Waals surface area (Å²) >= 11 is 6.85. The minimum Gasteiger partial charge on any atom is -0.469 e. The van der Waals surface area contributed by atoms with Crippen LogP contribution in [0.3, 0.4) is 0 Å². The summed E-state index contributed by atoms with van der Waals surface area (Å²) in [5.41, 5.74) is 3.64. The number of carbonyl (C=O) groups excluding carboxylic acids is 1. The van der Waals surface area contributed by atoms with Gasteiger partial charge in [0.05, 0.1) is 40.8 Å². The van der Waals surface area contributed by atoms with Crippen LogP contribution in [0.2, 0.25) is 5.02 Å². The molecular formula is C30H35ClN8O3. The molecule has 220 valence electrons. The molecule has 0 aliphatic carbocycles. The van der Waals surface area contributed by atoms with Gasteiger partial charge in [-0.3, -0.25) is 9.89 Å². The third kappa shape index (κ3) is 5.25. The van der Waals surface area contributed by atoms with E-state index in [-0.39, 0.29) is 30.5 Å². The molecule has 3 aliphatic heterocycles. The lowest BCUT2D eigenvalue weighted by Gasteiger charge is -2.41. The van der Waals surface area contributed by atoms with Gasteiger partial charge >= 0.3 is 6.01 Å². The average Bonchev–Trinajstić information content (AvgIpc) is 3.63. The summed E-state index contributed by atoms with van der Waals surface area (Å²) in [4.78, 5) is 28.3. The van der Waals surface area contributed by atoms with E-state index in [0.29, 0.717) is 56.0 Å². The van der Waals surface area contributed by atoms with Crippen LogP contribution in [-0.2, 0) is 11.2 Å². The van der Waals surface area contributed by atoms with Crippen LogP contribution in [0.15, 0.2) is 24.9 Å². The van der Waals surface area contributed by atoms with E-state index in [0.717, 1.165) is 52.8 Å². The van der Waals surface area contributed by atoms with Crippen molar-refractivity contribution in [3.05, 3.63) is 46.6 Å². The summed E-state index contributed by atoms with van der Waals surface area (Å²) in [5, 5.41) is 18.4. The first-order valence-corrected chi connectivity index (χ1v) is 14.8. The standard InChI is InChI=1S/C30H35ClN8O3/c1-4-25(40)39-13-12-38(16-19(39)9-10-32)28-21-7-8-24(26-22-15-33-36-23(22)14-18(2)27(26)31)42-29(21)35-30(34-28)41-17-20-6-5-11-37(20)3/h4,14-15,19-20,24H,1,5-9,11-13,16-17H2,2-3H3,(H,33,36)/t19-,20-,24?/m0/s1. The Kier molecular flexibility index (Phi) is 7.92. The summed E-state index contributed by atoms with van der Waals surface area (Å²) < 4.78 is 12.8. The average molecular weight is 591 g/mol. The highest BCUT2D eigenvalue weighted by Gasteiger charge is 2.35. The minimum atomic E-state index is -0.324. The number of carbonyl (C=O) groups is 1. The van der Waals surface area contributed by atoms with Crippen molar-refractivity contribution < 1.29 is 14.3 Å². The maximum atomic E-state index is 12.5. The smallest absolute Gasteiger partial charge is 0.321 e. The Balaban J connectivity index is 1.35. The largest absolute Gasteiger partial charge is 0.469 e. The molecule has 0 radical (unpaired) electrons. The van der Waals surface area contributed by atoms with Gasteiger partial charge in [-0.15, -0.1) is 0 Å². The predicted molar refractivity (Wildman–Crippen MR) is 159 cm³/mol. The van der Waals surface area contributed by atoms with Gasteiger partial charge in [0.25, 0.3) is 0 Å². The number of likely N-dealkylation sites (tertiary alicyclic amines) is 1. The number of amides is 1. The third-order valence-electron chi connectivity index (χ3n) is 8.70. The van der Waals surface area contributed by atoms with E-state index < -0.39 is 0 Å². The molecule has 6 rings (SSSR count). The quantitative estimate of drug-likeness (QED) is 0.407. The molecule has 2 saturated heterocycles. The minimum absolute atomic E-state index is 0.170. The zero-order chi connectivity index (χ0) is 29.4. The van der Waals surface area contributed by atoms with Crippen LogP contribution < -0.4 is 14.4 Å². The maximum Gasteiger partial charge on any atom is 0.321 e. The number of nitrogens with one attached hydrogen (secondary N) is 1. The summed E-state index contributed by atoms with van der Waals surface area (Å²) in [7, 11) is 2.11. The van der Waals surface area contributed by atoms with Crippen LogP contribution in [0.1, 0.15) is 48.5 Å². The van der Waals surface area contributed by atoms with Gasteiger partial charge in [0.1, 0.15) is 18.5 Å². The lowest BCUT2D eigenvalue weighted by Crippen LogP contribution is -2.55. The predicted octanol–water partition coefficient (Wildman–Crippen LogP) is 3.97. The number of nitrogens with zero attached hydrogens (tertiary/aromatic N) is 7. The first-order chi connectivity index (χ1) is 20.4. The number of H-pyrrole nitrogens is 1. The first-order valence-electron chi connectivity index (χ1n) is 14.5. The van der Waals surface area contributed by atoms with E-state index >= 15 is 0 Å². The molecule has 2 aromatic heterocycles. The zero-order valence-electron chi connectivity index (χ0n) is 24.0. The molecule has 0 saturated carbocycles. The molecule has 1 unspecified atom stereocenters. The van der Waals surface area contributed by atoms with Crippen LogP contribution in [-0.4, -0.2) is 87.8 Å². The Morgan fingerprint density at radius 3 is 2.93 bits per heavy atom. The van der Waals surface area contributed by atoms with Gasteiger partial charge in [-0.1, -0.05) is 18.2 Å². The number of anilines is 1. The monoisotopic (exact) mass is 590 g/mol. The number of benzene rings is 1. The number of piperazine rings is 1. The molecule has 12 heteroatoms. The van der Waals surface area contributed by atoms with Crippen LogP contribution >= 0.6 is 11.6 Å². The number of ether oxygens (including phenoxy) is 2. The summed E-state index contributed by atoms with van der Waals surface area (Å²) in [6.07, 6.45) is 6.52. The molecule has 11 nitrogen and oxygen atoms in total. The van der Waals surface area contributed by atoms with Gasteiger partial charge in [0, 0.05) is 36.6 Å². The number of aromatic nitrogens is 4. The molecule has 1 aromatic carbocycles. The van der Waals surface area contributed by atoms with Gasteiger partial charge in [-0.25, -0.2) is 0 Å². The molecule has 0 spiro atoms. The Labute approximate surface area is 250 Å². The Bertz CT molecular complexity index is 1550. The van der Waals surface area contributed by atoms with Gasteiger partial charge in [-0.2, -0.15) is 20.3 Å². The second-order valence-electron chi connectivity index (χ2n) is 11.3. The van der Waals surface area contributed by atoms with Crippen molar-refractivity contribution in [2.75, 3.05) is 44.7 Å². The zero-order valence-corrected chi connectivity index (χ0v) is 24.7. The molecule has 3 aliphatic rings. The molecule has 3 atom stereocenters. The van der Waals surface area contributed by atoms with Crippen LogP contribution in [0.5, 0.6) is 11.9 Å². The number of aromatic amines is 1. The van der Waals surface area contributed by atoms with Crippen molar-refractivity contribution in [3.8, 4) is 18.0 Å². The van der Waals surface area contributed by atoms with E-state index in [1.807, 2.05) is 13.0 Å². The van der Waals surface area contributed by atoms with E-state index in [2.05, 4.69) is 39.7 Å². The van der Waals surface area contributed by atoms with Crippen LogP contribution in [0.25, 0.3) is 10.9 Å². The number of aryl methyl sites for hydroxylation is 1. The molecular weight excluding hydrogens is 556 g/mol. The Hall–Kier alpha value is -3.88. The lowest BCUT2D eigenvalue weighted by atomic mass is 9.95. The highest BCUT2D eigenvalue weighted by Crippen LogP contribution is 2.43. The van der Waals surface area contributed by atoms with Crippen molar-refractivity contribution in [2.45, 2.75) is 57.2 Å². The normalized spacial score (nSPS) is 22.5. The number of halogens is 1. The number of fused-ring (bicyclic) bond motifs is 2. The highest BCUT2D eigenvalue weighted by atomic mass is 35.5. The number of rotatable bonds is 7. The van der Waals surface area contributed by atoms with Crippen molar-refractivity contribution in [3.63, 3.8) is 0 Å². The number of hydrogen-bond donors (Lipinski definition) is 1. The maximum absolute atomic E-state index is 12.5. The van der Waals surface area contributed by atoms with Crippen molar-refractivity contribution >= 4 is 34.2 Å². The van der Waals surface area contributed by atoms with Crippen molar-refractivity contribution in [1.29, 1.82) is 5.26 Å². The fourth-order valence-corrected chi connectivity index (χ4v) is 6.67. The van der Waals surface area contributed by atoms with Crippen molar-refractivity contribution in [1.82, 2.24) is 30.0 Å².